The molecule has 1 N–H and O–H groups in total. The summed E-state index contributed by atoms with van der Waals surface area (Å²) in [5, 5.41) is 6.62. The number of benzene rings is 2. The van der Waals surface area contributed by atoms with Crippen LogP contribution in [0.25, 0.3) is 11.3 Å². The number of ether oxygens (including phenoxy) is 2. The third-order valence-electron chi connectivity index (χ3n) is 3.53. The highest BCUT2D eigenvalue weighted by atomic mass is 79.9. The Bertz CT molecular complexity index is 908. The third-order valence-corrected chi connectivity index (χ3v) is 4.22. The number of carbonyl (C=O) groups is 1. The van der Waals surface area contributed by atoms with E-state index in [4.69, 9.17) is 14.0 Å². The van der Waals surface area contributed by atoms with E-state index in [1.165, 1.54) is 0 Å². The number of carbonyl (C=O) groups excluding carboxylic acids is 1. The molecule has 25 heavy (non-hydrogen) atoms. The van der Waals surface area contributed by atoms with Gasteiger partial charge in [-0.25, -0.2) is 0 Å². The normalized spacial score (nSPS) is 10.4. The molecule has 0 bridgehead atoms. The van der Waals surface area contributed by atoms with Crippen molar-refractivity contribution in [2.45, 2.75) is 0 Å². The van der Waals surface area contributed by atoms with Crippen molar-refractivity contribution in [2.75, 3.05) is 19.5 Å². The fourth-order valence-corrected chi connectivity index (χ4v) is 2.64. The Morgan fingerprint density at radius 1 is 1.08 bits per heavy atom. The Hall–Kier alpha value is -2.80. The van der Waals surface area contributed by atoms with Gasteiger partial charge in [0.1, 0.15) is 0 Å². The molecule has 0 radical (unpaired) electrons. The summed E-state index contributed by atoms with van der Waals surface area (Å²) in [6.45, 7) is 0. The molecule has 3 rings (SSSR count). The van der Waals surface area contributed by atoms with Crippen molar-refractivity contribution in [1.29, 1.82) is 0 Å². The maximum absolute atomic E-state index is 12.3. The lowest BCUT2D eigenvalue weighted by molar-refractivity contribution is 0.101. The summed E-state index contributed by atoms with van der Waals surface area (Å²) in [6.07, 6.45) is 0. The van der Waals surface area contributed by atoms with E-state index >= 15 is 0 Å². The second-order valence-electron chi connectivity index (χ2n) is 5.08. The van der Waals surface area contributed by atoms with Crippen LogP contribution in [0.4, 0.5) is 5.69 Å². The summed E-state index contributed by atoms with van der Waals surface area (Å²) in [5.74, 6) is 1.27. The molecule has 0 fully saturated rings. The molecule has 0 atom stereocenters. The van der Waals surface area contributed by atoms with Gasteiger partial charge >= 0.3 is 0 Å². The second kappa shape index (κ2) is 7.40. The van der Waals surface area contributed by atoms with Gasteiger partial charge in [-0.3, -0.25) is 4.79 Å². The highest BCUT2D eigenvalue weighted by Crippen LogP contribution is 2.32. The molecule has 1 aromatic heterocycles. The van der Waals surface area contributed by atoms with Crippen LogP contribution >= 0.6 is 15.9 Å². The van der Waals surface area contributed by atoms with Crippen molar-refractivity contribution in [1.82, 2.24) is 5.16 Å². The standard InChI is InChI=1S/C18H15BrN2O4/c1-23-15-8-7-11(9-17(15)24-2)16-10-14(21-25-16)18(22)20-13-6-4-3-5-12(13)19/h3-10H,1-2H3,(H,20,22). The highest BCUT2D eigenvalue weighted by molar-refractivity contribution is 9.10. The summed E-state index contributed by atoms with van der Waals surface area (Å²) < 4.78 is 16.6. The van der Waals surface area contributed by atoms with Crippen molar-refractivity contribution < 1.29 is 18.8 Å². The number of aromatic nitrogens is 1. The van der Waals surface area contributed by atoms with E-state index in [-0.39, 0.29) is 11.6 Å². The van der Waals surface area contributed by atoms with Gasteiger partial charge in [0.2, 0.25) is 0 Å². The van der Waals surface area contributed by atoms with Crippen molar-refractivity contribution in [3.8, 4) is 22.8 Å². The summed E-state index contributed by atoms with van der Waals surface area (Å²) >= 11 is 3.38. The molecule has 0 spiro atoms. The number of nitrogens with one attached hydrogen (secondary N) is 1. The summed E-state index contributed by atoms with van der Waals surface area (Å²) in [5.41, 5.74) is 1.56. The van der Waals surface area contributed by atoms with Gasteiger partial charge in [0.25, 0.3) is 5.91 Å². The van der Waals surface area contributed by atoms with Crippen molar-refractivity contribution >= 4 is 27.5 Å². The number of amides is 1. The minimum Gasteiger partial charge on any atom is -0.493 e. The van der Waals surface area contributed by atoms with Crippen LogP contribution < -0.4 is 14.8 Å². The fourth-order valence-electron chi connectivity index (χ4n) is 2.26. The van der Waals surface area contributed by atoms with Crippen molar-refractivity contribution in [2.24, 2.45) is 0 Å². The topological polar surface area (TPSA) is 73.6 Å². The van der Waals surface area contributed by atoms with Crippen LogP contribution in [-0.2, 0) is 0 Å². The molecule has 0 unspecified atom stereocenters. The number of nitrogens with zero attached hydrogens (tertiary/aromatic N) is 1. The quantitative estimate of drug-likeness (QED) is 0.685. The minimum atomic E-state index is -0.359. The first-order chi connectivity index (χ1) is 12.1. The Balaban J connectivity index is 1.83. The molecule has 0 aliphatic rings. The smallest absolute Gasteiger partial charge is 0.277 e. The zero-order chi connectivity index (χ0) is 17.8. The lowest BCUT2D eigenvalue weighted by Gasteiger charge is -2.07. The molecular formula is C18H15BrN2O4. The van der Waals surface area contributed by atoms with Gasteiger partial charge < -0.3 is 19.3 Å². The Morgan fingerprint density at radius 2 is 1.84 bits per heavy atom. The number of methoxy groups -OCH3 is 2. The third kappa shape index (κ3) is 3.66. The Morgan fingerprint density at radius 3 is 2.56 bits per heavy atom. The predicted molar refractivity (Wildman–Crippen MR) is 97.1 cm³/mol. The Labute approximate surface area is 152 Å². The van der Waals surface area contributed by atoms with Gasteiger partial charge in [-0.15, -0.1) is 0 Å². The van der Waals surface area contributed by atoms with Crippen LogP contribution in [0.1, 0.15) is 10.5 Å². The zero-order valence-electron chi connectivity index (χ0n) is 13.6. The lowest BCUT2D eigenvalue weighted by Crippen LogP contribution is -2.12. The molecule has 0 saturated carbocycles. The van der Waals surface area contributed by atoms with Gasteiger partial charge in [-0.1, -0.05) is 17.3 Å². The van der Waals surface area contributed by atoms with Crippen LogP contribution in [0.15, 0.2) is 57.5 Å². The van der Waals surface area contributed by atoms with Crippen LogP contribution in [0.5, 0.6) is 11.5 Å². The van der Waals surface area contributed by atoms with Crippen molar-refractivity contribution in [3.63, 3.8) is 0 Å². The number of rotatable bonds is 5. The molecule has 0 aliphatic heterocycles. The van der Waals surface area contributed by atoms with Crippen LogP contribution in [0.3, 0.4) is 0 Å². The van der Waals surface area contributed by atoms with Crippen LogP contribution in [0.2, 0.25) is 0 Å². The van der Waals surface area contributed by atoms with E-state index in [0.29, 0.717) is 22.9 Å². The van der Waals surface area contributed by atoms with E-state index in [2.05, 4.69) is 26.4 Å². The summed E-state index contributed by atoms with van der Waals surface area (Å²) in [6, 6.07) is 14.2. The van der Waals surface area contributed by atoms with Gasteiger partial charge in [0.05, 0.1) is 19.9 Å². The zero-order valence-corrected chi connectivity index (χ0v) is 15.2. The lowest BCUT2D eigenvalue weighted by atomic mass is 10.1. The average Bonchev–Trinajstić information content (AvgIpc) is 3.13. The number of anilines is 1. The number of halogens is 1. The first-order valence-electron chi connectivity index (χ1n) is 7.37. The molecule has 2 aromatic carbocycles. The number of hydrogen-bond donors (Lipinski definition) is 1. The largest absolute Gasteiger partial charge is 0.493 e. The highest BCUT2D eigenvalue weighted by Gasteiger charge is 2.16. The maximum Gasteiger partial charge on any atom is 0.277 e. The van der Waals surface area contributed by atoms with E-state index in [1.54, 1.807) is 44.6 Å². The van der Waals surface area contributed by atoms with Gasteiger partial charge in [-0.05, 0) is 46.3 Å². The van der Waals surface area contributed by atoms with Crippen LogP contribution in [0, 0.1) is 0 Å². The molecule has 0 aliphatic carbocycles. The van der Waals surface area contributed by atoms with Gasteiger partial charge in [-0.2, -0.15) is 0 Å². The number of hydrogen-bond acceptors (Lipinski definition) is 5. The molecule has 1 amide bonds. The maximum atomic E-state index is 12.3. The second-order valence-corrected chi connectivity index (χ2v) is 5.93. The van der Waals surface area contributed by atoms with E-state index in [1.807, 2.05) is 18.2 Å². The van der Waals surface area contributed by atoms with Crippen LogP contribution in [-0.4, -0.2) is 25.3 Å². The average molecular weight is 403 g/mol. The number of para-hydroxylation sites is 1. The summed E-state index contributed by atoms with van der Waals surface area (Å²) in [7, 11) is 3.12. The van der Waals surface area contributed by atoms with Gasteiger partial charge in [0, 0.05) is 16.1 Å². The Kier molecular flexibility index (Phi) is 5.04. The van der Waals surface area contributed by atoms with E-state index in [0.717, 1.165) is 10.0 Å². The molecular weight excluding hydrogens is 388 g/mol. The molecule has 128 valence electrons. The molecule has 0 saturated heterocycles. The fraction of sp³-hybridized carbons (Fsp3) is 0.111. The van der Waals surface area contributed by atoms with Crippen molar-refractivity contribution in [3.05, 3.63) is 58.7 Å². The van der Waals surface area contributed by atoms with E-state index in [9.17, 15) is 4.79 Å². The van der Waals surface area contributed by atoms with E-state index < -0.39 is 0 Å². The first kappa shape index (κ1) is 17.0. The molecule has 3 aromatic rings. The first-order valence-corrected chi connectivity index (χ1v) is 8.16. The SMILES string of the molecule is COc1ccc(-c2cc(C(=O)Nc3ccccc3Br)no2)cc1OC. The molecule has 7 heteroatoms. The monoisotopic (exact) mass is 402 g/mol. The minimum absolute atomic E-state index is 0.181. The van der Waals surface area contributed by atoms with Gasteiger partial charge in [0.15, 0.2) is 23.0 Å². The summed E-state index contributed by atoms with van der Waals surface area (Å²) in [4.78, 5) is 12.3. The predicted octanol–water partition coefficient (Wildman–Crippen LogP) is 4.37. The molecule has 1 heterocycles. The molecule has 6 nitrogen and oxygen atoms in total.